The highest BCUT2D eigenvalue weighted by Crippen LogP contribution is 2.24. The van der Waals surface area contributed by atoms with E-state index in [1.54, 1.807) is 12.1 Å². The van der Waals surface area contributed by atoms with E-state index < -0.39 is 5.82 Å². The Morgan fingerprint density at radius 2 is 2.38 bits per heavy atom. The number of nitrogens with one attached hydrogen (secondary N) is 1. The maximum absolute atomic E-state index is 14.2. The van der Waals surface area contributed by atoms with Crippen LogP contribution in [-0.2, 0) is 9.53 Å². The van der Waals surface area contributed by atoms with Gasteiger partial charge in [-0.2, -0.15) is 5.26 Å². The second kappa shape index (κ2) is 9.24. The van der Waals surface area contributed by atoms with Crippen molar-refractivity contribution >= 4 is 11.6 Å². The predicted octanol–water partition coefficient (Wildman–Crippen LogP) is 2.60. The molecule has 130 valence electrons. The fourth-order valence-corrected chi connectivity index (χ4v) is 2.93. The van der Waals surface area contributed by atoms with Gasteiger partial charge in [-0.25, -0.2) is 4.39 Å². The Morgan fingerprint density at radius 1 is 1.54 bits per heavy atom. The van der Waals surface area contributed by atoms with Crippen molar-refractivity contribution in [3.63, 3.8) is 0 Å². The fraction of sp³-hybridized carbons (Fsp3) is 0.556. The number of rotatable bonds is 7. The van der Waals surface area contributed by atoms with Crippen LogP contribution in [0.5, 0.6) is 0 Å². The van der Waals surface area contributed by atoms with Crippen molar-refractivity contribution in [1.29, 1.82) is 5.26 Å². The summed E-state index contributed by atoms with van der Waals surface area (Å²) in [5, 5.41) is 11.8. The van der Waals surface area contributed by atoms with E-state index in [4.69, 9.17) is 10.00 Å². The molecule has 0 spiro atoms. The molecule has 1 N–H and O–H groups in total. The maximum Gasteiger partial charge on any atom is 0.220 e. The van der Waals surface area contributed by atoms with Gasteiger partial charge in [0.2, 0.25) is 5.91 Å². The molecule has 1 aliphatic rings. The van der Waals surface area contributed by atoms with Gasteiger partial charge in [0.05, 0.1) is 17.3 Å². The molecule has 1 aromatic rings. The number of carbonyl (C=O) groups excluding carboxylic acids is 1. The molecule has 1 aromatic carbocycles. The summed E-state index contributed by atoms with van der Waals surface area (Å²) in [5.41, 5.74) is 0.803. The van der Waals surface area contributed by atoms with Crippen LogP contribution in [-0.4, -0.2) is 38.3 Å². The third-order valence-electron chi connectivity index (χ3n) is 4.10. The zero-order chi connectivity index (χ0) is 17.4. The number of nitriles is 1. The fourth-order valence-electron chi connectivity index (χ4n) is 2.93. The normalized spacial score (nSPS) is 17.4. The van der Waals surface area contributed by atoms with Gasteiger partial charge in [0.25, 0.3) is 0 Å². The molecule has 0 saturated carbocycles. The third kappa shape index (κ3) is 5.20. The molecule has 1 aliphatic heterocycles. The number of hydrogen-bond acceptors (Lipinski definition) is 4. The van der Waals surface area contributed by atoms with E-state index in [0.29, 0.717) is 43.9 Å². The Kier molecular flexibility index (Phi) is 7.01. The molecule has 2 rings (SSSR count). The number of amides is 1. The molecule has 0 radical (unpaired) electrons. The van der Waals surface area contributed by atoms with Gasteiger partial charge in [0, 0.05) is 38.8 Å². The number of piperidine rings is 1. The Bertz CT molecular complexity index is 600. The molecule has 24 heavy (non-hydrogen) atoms. The summed E-state index contributed by atoms with van der Waals surface area (Å²) in [4.78, 5) is 13.9. The number of anilines is 1. The molecule has 5 nitrogen and oxygen atoms in total. The molecule has 0 bridgehead atoms. The maximum atomic E-state index is 14.2. The number of benzene rings is 1. The van der Waals surface area contributed by atoms with Crippen LogP contribution in [0.1, 0.15) is 38.2 Å². The van der Waals surface area contributed by atoms with Gasteiger partial charge in [-0.15, -0.1) is 0 Å². The van der Waals surface area contributed by atoms with E-state index in [2.05, 4.69) is 5.32 Å². The minimum atomic E-state index is -0.391. The predicted molar refractivity (Wildman–Crippen MR) is 90.2 cm³/mol. The van der Waals surface area contributed by atoms with Crippen molar-refractivity contribution in [1.82, 2.24) is 5.32 Å². The number of nitrogens with zero attached hydrogens (tertiary/aromatic N) is 2. The molecule has 0 unspecified atom stereocenters. The lowest BCUT2D eigenvalue weighted by molar-refractivity contribution is -0.122. The lowest BCUT2D eigenvalue weighted by Gasteiger charge is -2.35. The van der Waals surface area contributed by atoms with Crippen molar-refractivity contribution in [2.24, 2.45) is 0 Å². The second-order valence-corrected chi connectivity index (χ2v) is 5.93. The van der Waals surface area contributed by atoms with Crippen molar-refractivity contribution in [3.05, 3.63) is 29.6 Å². The number of ether oxygens (including phenoxy) is 1. The molecule has 6 heteroatoms. The lowest BCUT2D eigenvalue weighted by atomic mass is 10.0. The van der Waals surface area contributed by atoms with Crippen molar-refractivity contribution in [3.8, 4) is 6.07 Å². The average molecular weight is 333 g/mol. The highest BCUT2D eigenvalue weighted by atomic mass is 19.1. The second-order valence-electron chi connectivity index (χ2n) is 5.93. The van der Waals surface area contributed by atoms with Crippen LogP contribution in [0.3, 0.4) is 0 Å². The van der Waals surface area contributed by atoms with Crippen LogP contribution in [0.25, 0.3) is 0 Å². The summed E-state index contributed by atoms with van der Waals surface area (Å²) in [5.74, 6) is -0.375. The van der Waals surface area contributed by atoms with E-state index in [-0.39, 0.29) is 11.9 Å². The van der Waals surface area contributed by atoms with Crippen LogP contribution < -0.4 is 10.2 Å². The number of halogens is 1. The van der Waals surface area contributed by atoms with E-state index >= 15 is 0 Å². The quantitative estimate of drug-likeness (QED) is 0.779. The van der Waals surface area contributed by atoms with Gasteiger partial charge in [-0.3, -0.25) is 4.79 Å². The lowest BCUT2D eigenvalue weighted by Crippen LogP contribution is -2.48. The molecule has 1 fully saturated rings. The minimum Gasteiger partial charge on any atom is -0.382 e. The summed E-state index contributed by atoms with van der Waals surface area (Å²) < 4.78 is 19.4. The Hall–Kier alpha value is -2.13. The summed E-state index contributed by atoms with van der Waals surface area (Å²) in [6.07, 6.45) is 2.94. The largest absolute Gasteiger partial charge is 0.382 e. The first-order chi connectivity index (χ1) is 11.6. The number of hydrogen-bond donors (Lipinski definition) is 1. The zero-order valence-corrected chi connectivity index (χ0v) is 14.1. The summed E-state index contributed by atoms with van der Waals surface area (Å²) in [6.45, 7) is 4.52. The molecule has 0 aromatic heterocycles. The van der Waals surface area contributed by atoms with Crippen LogP contribution in [0, 0.1) is 17.1 Å². The molecular weight excluding hydrogens is 309 g/mol. The van der Waals surface area contributed by atoms with Crippen molar-refractivity contribution in [2.75, 3.05) is 31.2 Å². The Balaban J connectivity index is 1.87. The smallest absolute Gasteiger partial charge is 0.220 e. The van der Waals surface area contributed by atoms with Crippen LogP contribution in [0.4, 0.5) is 10.1 Å². The van der Waals surface area contributed by atoms with Crippen molar-refractivity contribution < 1.29 is 13.9 Å². The molecular formula is C18H24FN3O2. The molecule has 1 saturated heterocycles. The first-order valence-electron chi connectivity index (χ1n) is 8.45. The van der Waals surface area contributed by atoms with E-state index in [1.807, 2.05) is 17.9 Å². The Labute approximate surface area is 142 Å². The summed E-state index contributed by atoms with van der Waals surface area (Å²) in [7, 11) is 0. The van der Waals surface area contributed by atoms with Crippen LogP contribution >= 0.6 is 0 Å². The SMILES string of the molecule is CCOCCCC(=O)N[C@@H]1CCCN(c2ccc(C#N)cc2F)C1. The highest BCUT2D eigenvalue weighted by molar-refractivity contribution is 5.76. The summed E-state index contributed by atoms with van der Waals surface area (Å²) in [6, 6.07) is 6.47. The van der Waals surface area contributed by atoms with Gasteiger partial charge in [-0.05, 0) is 44.4 Å². The van der Waals surface area contributed by atoms with E-state index in [0.717, 1.165) is 19.4 Å². The third-order valence-corrected chi connectivity index (χ3v) is 4.10. The molecule has 1 amide bonds. The molecule has 0 aliphatic carbocycles. The topological polar surface area (TPSA) is 65.4 Å². The first kappa shape index (κ1) is 18.2. The van der Waals surface area contributed by atoms with E-state index in [9.17, 15) is 9.18 Å². The van der Waals surface area contributed by atoms with Crippen LogP contribution in [0.15, 0.2) is 18.2 Å². The average Bonchev–Trinajstić information content (AvgIpc) is 2.59. The highest BCUT2D eigenvalue weighted by Gasteiger charge is 2.23. The van der Waals surface area contributed by atoms with Gasteiger partial charge in [0.1, 0.15) is 5.82 Å². The zero-order valence-electron chi connectivity index (χ0n) is 14.1. The number of carbonyl (C=O) groups is 1. The standard InChI is InChI=1S/C18H24FN3O2/c1-2-24-10-4-6-18(23)21-15-5-3-9-22(13-15)17-8-7-14(12-20)11-16(17)19/h7-8,11,15H,2-6,9-10,13H2,1H3,(H,21,23)/t15-/m1/s1. The minimum absolute atomic E-state index is 0.0156. The van der Waals surface area contributed by atoms with Gasteiger partial charge in [0.15, 0.2) is 0 Å². The van der Waals surface area contributed by atoms with Gasteiger partial charge >= 0.3 is 0 Å². The summed E-state index contributed by atoms with van der Waals surface area (Å²) >= 11 is 0. The van der Waals surface area contributed by atoms with Crippen LogP contribution in [0.2, 0.25) is 0 Å². The van der Waals surface area contributed by atoms with E-state index in [1.165, 1.54) is 6.07 Å². The van der Waals surface area contributed by atoms with Crippen molar-refractivity contribution in [2.45, 2.75) is 38.6 Å². The van der Waals surface area contributed by atoms with Gasteiger partial charge < -0.3 is 15.0 Å². The molecule has 1 atom stereocenters. The monoisotopic (exact) mass is 333 g/mol. The Morgan fingerprint density at radius 3 is 3.08 bits per heavy atom. The van der Waals surface area contributed by atoms with Gasteiger partial charge in [-0.1, -0.05) is 0 Å². The first-order valence-corrected chi connectivity index (χ1v) is 8.45. The molecule has 1 heterocycles.